The van der Waals surface area contributed by atoms with Gasteiger partial charge in [-0.25, -0.2) is 0 Å². The third kappa shape index (κ3) is 7.06. The summed E-state index contributed by atoms with van der Waals surface area (Å²) in [5.74, 6) is -1.11. The number of aliphatic carboxylic acids is 1. The van der Waals surface area contributed by atoms with Crippen LogP contribution in [0.3, 0.4) is 0 Å². The fourth-order valence-electron chi connectivity index (χ4n) is 0.862. The second-order valence-corrected chi connectivity index (χ2v) is 3.13. The molecule has 0 aliphatic rings. The van der Waals surface area contributed by atoms with E-state index in [-0.39, 0.29) is 0 Å². The third-order valence-electron chi connectivity index (χ3n) is 1.46. The molecule has 0 heterocycles. The lowest BCUT2D eigenvalue weighted by Gasteiger charge is -1.99. The van der Waals surface area contributed by atoms with Crippen molar-refractivity contribution in [2.24, 2.45) is 0 Å². The summed E-state index contributed by atoms with van der Waals surface area (Å²) < 4.78 is 0. The summed E-state index contributed by atoms with van der Waals surface area (Å²) in [6.07, 6.45) is 4.93. The molecule has 0 rings (SSSR count). The number of carboxylic acid groups (broad SMARTS) is 1. The Bertz CT molecular complexity index is 208. The summed E-state index contributed by atoms with van der Waals surface area (Å²) in [6, 6.07) is 0. The topological polar surface area (TPSA) is 40.1 Å². The zero-order valence-electron chi connectivity index (χ0n) is 7.89. The first-order valence-corrected chi connectivity index (χ1v) is 4.04. The van der Waals surface area contributed by atoms with Gasteiger partial charge in [-0.05, 0) is 39.7 Å². The van der Waals surface area contributed by atoms with Gasteiger partial charge in [-0.3, -0.25) is 0 Å². The van der Waals surface area contributed by atoms with Gasteiger partial charge in [0.2, 0.25) is 0 Å². The highest BCUT2D eigenvalue weighted by Gasteiger charge is 1.88. The summed E-state index contributed by atoms with van der Waals surface area (Å²) >= 11 is 0. The van der Waals surface area contributed by atoms with E-state index in [0.717, 1.165) is 24.5 Å². The van der Waals surface area contributed by atoms with Crippen LogP contribution in [0.2, 0.25) is 0 Å². The van der Waals surface area contributed by atoms with E-state index in [2.05, 4.69) is 6.08 Å². The van der Waals surface area contributed by atoms with Gasteiger partial charge in [-0.1, -0.05) is 17.2 Å². The monoisotopic (exact) mass is 167 g/mol. The minimum Gasteiger partial charge on any atom is -0.545 e. The molecule has 0 saturated heterocycles. The molecule has 0 aromatic rings. The molecule has 0 spiro atoms. The lowest BCUT2D eigenvalue weighted by atomic mass is 10.1. The number of allylic oxidation sites excluding steroid dienone is 3. The molecular formula is C10H15O2-. The maximum atomic E-state index is 10.1. The van der Waals surface area contributed by atoms with Crippen LogP contribution in [0.25, 0.3) is 0 Å². The zero-order chi connectivity index (χ0) is 9.56. The molecule has 0 radical (unpaired) electrons. The minimum atomic E-state index is -1.11. The molecule has 12 heavy (non-hydrogen) atoms. The average molecular weight is 167 g/mol. The summed E-state index contributed by atoms with van der Waals surface area (Å²) in [5, 5.41) is 10.1. The Hall–Kier alpha value is -1.05. The molecule has 0 amide bonds. The number of hydrogen-bond acceptors (Lipinski definition) is 2. The van der Waals surface area contributed by atoms with Crippen molar-refractivity contribution in [3.05, 3.63) is 23.3 Å². The van der Waals surface area contributed by atoms with Gasteiger partial charge in [0.05, 0.1) is 5.97 Å². The summed E-state index contributed by atoms with van der Waals surface area (Å²) in [4.78, 5) is 10.1. The van der Waals surface area contributed by atoms with Gasteiger partial charge in [0, 0.05) is 0 Å². The average Bonchev–Trinajstić information content (AvgIpc) is 1.84. The van der Waals surface area contributed by atoms with Gasteiger partial charge < -0.3 is 9.90 Å². The van der Waals surface area contributed by atoms with Crippen molar-refractivity contribution in [3.63, 3.8) is 0 Å². The van der Waals surface area contributed by atoms with Crippen LogP contribution >= 0.6 is 0 Å². The standard InChI is InChI=1S/C10H16O2/c1-8(2)5-4-6-9(3)7-10(11)12/h5,7H,4,6H2,1-3H3,(H,11,12)/p-1/b9-7-. The van der Waals surface area contributed by atoms with Crippen molar-refractivity contribution in [2.75, 3.05) is 0 Å². The second kappa shape index (κ2) is 5.58. The normalized spacial score (nSPS) is 11.1. The molecule has 0 aromatic carbocycles. The van der Waals surface area contributed by atoms with Crippen LogP contribution in [0.15, 0.2) is 23.3 Å². The predicted molar refractivity (Wildman–Crippen MR) is 47.4 cm³/mol. The zero-order valence-corrected chi connectivity index (χ0v) is 7.89. The van der Waals surface area contributed by atoms with Crippen molar-refractivity contribution in [1.29, 1.82) is 0 Å². The molecule has 2 heteroatoms. The SMILES string of the molecule is CC(C)=CCC/C(C)=C\C(=O)[O-]. The molecule has 2 nitrogen and oxygen atoms in total. The fraction of sp³-hybridized carbons (Fsp3) is 0.500. The highest BCUT2D eigenvalue weighted by molar-refractivity contribution is 5.78. The third-order valence-corrected chi connectivity index (χ3v) is 1.46. The number of carboxylic acids is 1. The Morgan fingerprint density at radius 2 is 1.92 bits per heavy atom. The molecular weight excluding hydrogens is 152 g/mol. The van der Waals surface area contributed by atoms with E-state index in [1.165, 1.54) is 5.57 Å². The van der Waals surface area contributed by atoms with Crippen molar-refractivity contribution < 1.29 is 9.90 Å². The first kappa shape index (κ1) is 11.0. The molecule has 0 aliphatic heterocycles. The van der Waals surface area contributed by atoms with Crippen LogP contribution in [0.1, 0.15) is 33.6 Å². The molecule has 0 N–H and O–H groups in total. The van der Waals surface area contributed by atoms with Gasteiger partial charge in [-0.2, -0.15) is 0 Å². The Morgan fingerprint density at radius 3 is 2.33 bits per heavy atom. The number of carbonyl (C=O) groups excluding carboxylic acids is 1. The van der Waals surface area contributed by atoms with E-state index in [4.69, 9.17) is 0 Å². The van der Waals surface area contributed by atoms with Crippen LogP contribution in [0, 0.1) is 0 Å². The highest BCUT2D eigenvalue weighted by Crippen LogP contribution is 2.05. The first-order chi connectivity index (χ1) is 5.52. The van der Waals surface area contributed by atoms with Gasteiger partial charge in [0.15, 0.2) is 0 Å². The molecule has 0 unspecified atom stereocenters. The van der Waals surface area contributed by atoms with Crippen LogP contribution in [-0.2, 0) is 4.79 Å². The largest absolute Gasteiger partial charge is 0.545 e. The van der Waals surface area contributed by atoms with Crippen molar-refractivity contribution in [3.8, 4) is 0 Å². The smallest absolute Gasteiger partial charge is 0.0642 e. The van der Waals surface area contributed by atoms with E-state index in [0.29, 0.717) is 0 Å². The molecule has 0 aromatic heterocycles. The Morgan fingerprint density at radius 1 is 1.33 bits per heavy atom. The molecule has 0 aliphatic carbocycles. The van der Waals surface area contributed by atoms with Crippen molar-refractivity contribution >= 4 is 5.97 Å². The van der Waals surface area contributed by atoms with Gasteiger partial charge in [-0.15, -0.1) is 0 Å². The maximum Gasteiger partial charge on any atom is 0.0642 e. The van der Waals surface area contributed by atoms with Crippen molar-refractivity contribution in [1.82, 2.24) is 0 Å². The second-order valence-electron chi connectivity index (χ2n) is 3.13. The molecule has 0 saturated carbocycles. The fourth-order valence-corrected chi connectivity index (χ4v) is 0.862. The van der Waals surface area contributed by atoms with E-state index >= 15 is 0 Å². The Labute approximate surface area is 73.6 Å². The lowest BCUT2D eigenvalue weighted by Crippen LogP contribution is -2.19. The summed E-state index contributed by atoms with van der Waals surface area (Å²) in [7, 11) is 0. The molecule has 0 fully saturated rings. The van der Waals surface area contributed by atoms with E-state index in [1.807, 2.05) is 13.8 Å². The molecule has 0 atom stereocenters. The Balaban J connectivity index is 3.79. The number of rotatable bonds is 4. The van der Waals surface area contributed by atoms with E-state index in [9.17, 15) is 9.90 Å². The van der Waals surface area contributed by atoms with Crippen LogP contribution in [0.4, 0.5) is 0 Å². The summed E-state index contributed by atoms with van der Waals surface area (Å²) in [5.41, 5.74) is 2.11. The van der Waals surface area contributed by atoms with Crippen molar-refractivity contribution in [2.45, 2.75) is 33.6 Å². The maximum absolute atomic E-state index is 10.1. The van der Waals surface area contributed by atoms with Crippen LogP contribution < -0.4 is 5.11 Å². The molecule has 0 bridgehead atoms. The minimum absolute atomic E-state index is 0.791. The van der Waals surface area contributed by atoms with E-state index in [1.54, 1.807) is 6.92 Å². The molecule has 68 valence electrons. The van der Waals surface area contributed by atoms with E-state index < -0.39 is 5.97 Å². The Kier molecular flexibility index (Phi) is 5.09. The number of hydrogen-bond donors (Lipinski definition) is 0. The van der Waals surface area contributed by atoms with Crippen LogP contribution in [-0.4, -0.2) is 5.97 Å². The van der Waals surface area contributed by atoms with Gasteiger partial charge >= 0.3 is 0 Å². The quantitative estimate of drug-likeness (QED) is 0.469. The predicted octanol–water partition coefficient (Wildman–Crippen LogP) is 1.43. The van der Waals surface area contributed by atoms with Crippen LogP contribution in [0.5, 0.6) is 0 Å². The number of carbonyl (C=O) groups is 1. The van der Waals surface area contributed by atoms with Gasteiger partial charge in [0.25, 0.3) is 0 Å². The van der Waals surface area contributed by atoms with Gasteiger partial charge in [0.1, 0.15) is 0 Å². The lowest BCUT2D eigenvalue weighted by molar-refractivity contribution is -0.297. The first-order valence-electron chi connectivity index (χ1n) is 4.04. The summed E-state index contributed by atoms with van der Waals surface area (Å²) in [6.45, 7) is 5.85. The highest BCUT2D eigenvalue weighted by atomic mass is 16.4.